The van der Waals surface area contributed by atoms with Gasteiger partial charge in [0.2, 0.25) is 5.91 Å². The van der Waals surface area contributed by atoms with Gasteiger partial charge in [-0.05, 0) is 49.2 Å². The molecule has 2 aliphatic heterocycles. The van der Waals surface area contributed by atoms with Crippen LogP contribution in [-0.2, 0) is 14.3 Å². The van der Waals surface area contributed by atoms with Crippen molar-refractivity contribution >= 4 is 52.3 Å². The van der Waals surface area contributed by atoms with Crippen molar-refractivity contribution in [3.63, 3.8) is 0 Å². The highest BCUT2D eigenvalue weighted by Crippen LogP contribution is 2.26. The molecule has 11 heteroatoms. The first-order valence-corrected chi connectivity index (χ1v) is 12.1. The van der Waals surface area contributed by atoms with Gasteiger partial charge in [0.1, 0.15) is 5.54 Å². The molecule has 0 radical (unpaired) electrons. The van der Waals surface area contributed by atoms with Crippen molar-refractivity contribution < 1.29 is 23.9 Å². The molecule has 4 rings (SSSR count). The molecule has 0 saturated carbocycles. The normalized spacial score (nSPS) is 20.4. The lowest BCUT2D eigenvalue weighted by molar-refractivity contribution is -0.122. The van der Waals surface area contributed by atoms with E-state index in [9.17, 15) is 19.2 Å². The summed E-state index contributed by atoms with van der Waals surface area (Å²) in [4.78, 5) is 52.6. The van der Waals surface area contributed by atoms with Crippen molar-refractivity contribution in [1.82, 2.24) is 15.5 Å². The molecule has 1 aromatic heterocycles. The van der Waals surface area contributed by atoms with E-state index in [-0.39, 0.29) is 25.0 Å². The van der Waals surface area contributed by atoms with E-state index in [1.165, 1.54) is 4.90 Å². The SMILES string of the molecule is Cc1cc(NC(=O)C2(NC(=O)c3ccc(Cl)s3)CCOC2)ccc1C(=O)N1CCCNC(=O)C1. The molecule has 34 heavy (non-hydrogen) atoms. The largest absolute Gasteiger partial charge is 0.378 e. The van der Waals surface area contributed by atoms with Crippen LogP contribution in [0, 0.1) is 6.92 Å². The van der Waals surface area contributed by atoms with Gasteiger partial charge in [-0.15, -0.1) is 11.3 Å². The summed E-state index contributed by atoms with van der Waals surface area (Å²) in [7, 11) is 0. The lowest BCUT2D eigenvalue weighted by Crippen LogP contribution is -2.57. The number of nitrogens with zero attached hydrogens (tertiary/aromatic N) is 1. The standard InChI is InChI=1S/C23H25ClN4O5S/c1-14-11-15(3-4-16(14)21(31)28-9-2-8-25-19(29)12-28)26-22(32)23(7-10-33-13-23)27-20(30)17-5-6-18(24)34-17/h3-6,11H,2,7-10,12-13H2,1H3,(H,25,29)(H,26,32)(H,27,30). The quantitative estimate of drug-likeness (QED) is 0.577. The molecule has 0 bridgehead atoms. The number of anilines is 1. The molecule has 1 atom stereocenters. The van der Waals surface area contributed by atoms with Gasteiger partial charge in [0.15, 0.2) is 0 Å². The number of ether oxygens (including phenoxy) is 1. The fourth-order valence-corrected chi connectivity index (χ4v) is 4.93. The Kier molecular flexibility index (Phi) is 7.20. The summed E-state index contributed by atoms with van der Waals surface area (Å²) in [5.74, 6) is -1.20. The summed E-state index contributed by atoms with van der Waals surface area (Å²) in [6.45, 7) is 3.23. The predicted molar refractivity (Wildman–Crippen MR) is 128 cm³/mol. The predicted octanol–water partition coefficient (Wildman–Crippen LogP) is 2.20. The van der Waals surface area contributed by atoms with Crippen LogP contribution in [0.1, 0.15) is 38.4 Å². The van der Waals surface area contributed by atoms with Crippen molar-refractivity contribution in [2.75, 3.05) is 38.2 Å². The number of carbonyl (C=O) groups excluding carboxylic acids is 4. The van der Waals surface area contributed by atoms with Crippen molar-refractivity contribution in [1.29, 1.82) is 0 Å². The number of amides is 4. The molecule has 2 fully saturated rings. The third-order valence-electron chi connectivity index (χ3n) is 5.87. The number of hydrogen-bond donors (Lipinski definition) is 3. The van der Waals surface area contributed by atoms with Crippen LogP contribution in [0.4, 0.5) is 5.69 Å². The van der Waals surface area contributed by atoms with E-state index >= 15 is 0 Å². The summed E-state index contributed by atoms with van der Waals surface area (Å²) in [5.41, 5.74) is 0.415. The maximum atomic E-state index is 13.2. The van der Waals surface area contributed by atoms with Crippen molar-refractivity contribution in [3.05, 3.63) is 50.7 Å². The second-order valence-electron chi connectivity index (χ2n) is 8.36. The van der Waals surface area contributed by atoms with E-state index in [1.54, 1.807) is 37.3 Å². The molecule has 2 aromatic rings. The molecule has 3 N–H and O–H groups in total. The summed E-state index contributed by atoms with van der Waals surface area (Å²) in [6.07, 6.45) is 1.02. The minimum atomic E-state index is -1.21. The van der Waals surface area contributed by atoms with Crippen LogP contribution in [0.25, 0.3) is 0 Å². The van der Waals surface area contributed by atoms with E-state index in [1.807, 2.05) is 0 Å². The van der Waals surface area contributed by atoms with E-state index in [2.05, 4.69) is 16.0 Å². The van der Waals surface area contributed by atoms with Gasteiger partial charge >= 0.3 is 0 Å². The summed E-state index contributed by atoms with van der Waals surface area (Å²) < 4.78 is 5.92. The highest BCUT2D eigenvalue weighted by Gasteiger charge is 2.44. The molecule has 3 heterocycles. The van der Waals surface area contributed by atoms with Gasteiger partial charge in [0.05, 0.1) is 22.4 Å². The average Bonchev–Trinajstić information content (AvgIpc) is 3.39. The van der Waals surface area contributed by atoms with Crippen LogP contribution in [-0.4, -0.2) is 66.9 Å². The van der Waals surface area contributed by atoms with Gasteiger partial charge in [0.25, 0.3) is 17.7 Å². The Labute approximate surface area is 205 Å². The zero-order valence-electron chi connectivity index (χ0n) is 18.6. The maximum absolute atomic E-state index is 13.2. The molecule has 1 unspecified atom stereocenters. The number of aryl methyl sites for hydroxylation is 1. The van der Waals surface area contributed by atoms with Gasteiger partial charge in [-0.3, -0.25) is 19.2 Å². The topological polar surface area (TPSA) is 117 Å². The Bertz CT molecular complexity index is 1130. The van der Waals surface area contributed by atoms with Crippen molar-refractivity contribution in [3.8, 4) is 0 Å². The zero-order valence-corrected chi connectivity index (χ0v) is 20.2. The molecule has 180 valence electrons. The van der Waals surface area contributed by atoms with Crippen LogP contribution in [0.15, 0.2) is 30.3 Å². The summed E-state index contributed by atoms with van der Waals surface area (Å²) in [5, 5.41) is 8.42. The lowest BCUT2D eigenvalue weighted by atomic mass is 9.96. The molecule has 0 aliphatic carbocycles. The maximum Gasteiger partial charge on any atom is 0.262 e. The molecule has 2 aliphatic rings. The lowest BCUT2D eigenvalue weighted by Gasteiger charge is -2.27. The number of thiophene rings is 1. The van der Waals surface area contributed by atoms with E-state index in [4.69, 9.17) is 16.3 Å². The number of hydrogen-bond acceptors (Lipinski definition) is 6. The Morgan fingerprint density at radius 2 is 2.06 bits per heavy atom. The summed E-state index contributed by atoms with van der Waals surface area (Å²) in [6, 6.07) is 8.22. The first-order valence-electron chi connectivity index (χ1n) is 10.9. The number of halogens is 1. The second-order valence-corrected chi connectivity index (χ2v) is 10.1. The molecule has 9 nitrogen and oxygen atoms in total. The Hall–Kier alpha value is -2.95. The van der Waals surface area contributed by atoms with Crippen LogP contribution in [0.5, 0.6) is 0 Å². The molecule has 4 amide bonds. The fraction of sp³-hybridized carbons (Fsp3) is 0.391. The minimum Gasteiger partial charge on any atom is -0.378 e. The smallest absolute Gasteiger partial charge is 0.262 e. The fourth-order valence-electron chi connectivity index (χ4n) is 4.00. The Balaban J connectivity index is 1.47. The van der Waals surface area contributed by atoms with Gasteiger partial charge in [-0.1, -0.05) is 11.6 Å². The minimum absolute atomic E-state index is 0.0223. The van der Waals surface area contributed by atoms with Gasteiger partial charge in [-0.2, -0.15) is 0 Å². The number of rotatable bonds is 5. The van der Waals surface area contributed by atoms with Gasteiger partial charge in [-0.25, -0.2) is 0 Å². The van der Waals surface area contributed by atoms with Crippen LogP contribution < -0.4 is 16.0 Å². The van der Waals surface area contributed by atoms with Crippen LogP contribution in [0.3, 0.4) is 0 Å². The highest BCUT2D eigenvalue weighted by molar-refractivity contribution is 7.18. The van der Waals surface area contributed by atoms with Crippen molar-refractivity contribution in [2.24, 2.45) is 0 Å². The molecule has 2 saturated heterocycles. The van der Waals surface area contributed by atoms with Gasteiger partial charge < -0.3 is 25.6 Å². The number of benzene rings is 1. The van der Waals surface area contributed by atoms with Crippen LogP contribution in [0.2, 0.25) is 4.34 Å². The molecular formula is C23H25ClN4O5S. The zero-order chi connectivity index (χ0) is 24.3. The third kappa shape index (κ3) is 5.24. The summed E-state index contributed by atoms with van der Waals surface area (Å²) >= 11 is 7.06. The monoisotopic (exact) mass is 504 g/mol. The molecule has 1 aromatic carbocycles. The Morgan fingerprint density at radius 3 is 2.74 bits per heavy atom. The first-order chi connectivity index (χ1) is 16.3. The van der Waals surface area contributed by atoms with Crippen molar-refractivity contribution in [2.45, 2.75) is 25.3 Å². The van der Waals surface area contributed by atoms with E-state index < -0.39 is 17.4 Å². The first kappa shape index (κ1) is 24.2. The second kappa shape index (κ2) is 10.1. The number of carbonyl (C=O) groups is 4. The Morgan fingerprint density at radius 1 is 1.24 bits per heavy atom. The van der Waals surface area contributed by atoms with E-state index in [0.29, 0.717) is 58.6 Å². The van der Waals surface area contributed by atoms with Crippen LogP contribution >= 0.6 is 22.9 Å². The third-order valence-corrected chi connectivity index (χ3v) is 7.10. The highest BCUT2D eigenvalue weighted by atomic mass is 35.5. The van der Waals surface area contributed by atoms with E-state index in [0.717, 1.165) is 11.3 Å². The molecular weight excluding hydrogens is 480 g/mol. The number of nitrogens with one attached hydrogen (secondary N) is 3. The average molecular weight is 505 g/mol. The van der Waals surface area contributed by atoms with Gasteiger partial charge in [0, 0.05) is 37.4 Å². The molecule has 0 spiro atoms.